The molecule has 0 N–H and O–H groups in total. The van der Waals surface area contributed by atoms with E-state index in [1.165, 1.54) is 70.6 Å². The van der Waals surface area contributed by atoms with Crippen molar-refractivity contribution in [1.29, 1.82) is 0 Å². The first-order chi connectivity index (χ1) is 11.7. The summed E-state index contributed by atoms with van der Waals surface area (Å²) in [5.41, 5.74) is 0. The maximum Gasteiger partial charge on any atom is 0.192 e. The van der Waals surface area contributed by atoms with Crippen LogP contribution in [0, 0.1) is 0 Å². The van der Waals surface area contributed by atoms with Crippen molar-refractivity contribution in [2.75, 3.05) is 0 Å². The quantitative estimate of drug-likeness (QED) is 0.158. The van der Waals surface area contributed by atoms with Gasteiger partial charge in [-0.05, 0) is 24.6 Å². The zero-order valence-corrected chi connectivity index (χ0v) is 19.2. The van der Waals surface area contributed by atoms with Crippen molar-refractivity contribution < 1.29 is 9.22 Å². The molecule has 0 aliphatic rings. The highest BCUT2D eigenvalue weighted by atomic mass is 28.4. The largest absolute Gasteiger partial charge is 0.414 e. The van der Waals surface area contributed by atoms with E-state index in [1.807, 2.05) is 0 Å². The molecule has 0 aliphatic carbocycles. The first-order valence-corrected chi connectivity index (χ1v) is 13.8. The Hall–Kier alpha value is -0.153. The minimum absolute atomic E-state index is 0.136. The maximum atomic E-state index is 11.0. The summed E-state index contributed by atoms with van der Waals surface area (Å²) in [7, 11) is -1.76. The molecule has 0 amide bonds. The van der Waals surface area contributed by atoms with Gasteiger partial charge >= 0.3 is 0 Å². The number of carbonyl (C=O) groups excluding carboxylic acids is 1. The van der Waals surface area contributed by atoms with Gasteiger partial charge in [-0.2, -0.15) is 0 Å². The Morgan fingerprint density at radius 2 is 1.28 bits per heavy atom. The van der Waals surface area contributed by atoms with E-state index in [0.29, 0.717) is 6.42 Å². The first kappa shape index (κ1) is 24.8. The lowest BCUT2D eigenvalue weighted by Gasteiger charge is -2.39. The zero-order chi connectivity index (χ0) is 19.2. The van der Waals surface area contributed by atoms with Crippen LogP contribution in [0.2, 0.25) is 18.1 Å². The van der Waals surface area contributed by atoms with Crippen LogP contribution in [0.1, 0.15) is 111 Å². The van der Waals surface area contributed by atoms with Gasteiger partial charge in [-0.15, -0.1) is 0 Å². The van der Waals surface area contributed by atoms with E-state index in [9.17, 15) is 4.79 Å². The fraction of sp³-hybridized carbons (Fsp3) is 0.955. The van der Waals surface area contributed by atoms with E-state index in [4.69, 9.17) is 4.43 Å². The Morgan fingerprint density at radius 3 is 1.68 bits per heavy atom. The molecule has 0 saturated carbocycles. The van der Waals surface area contributed by atoms with Crippen molar-refractivity contribution in [1.82, 2.24) is 0 Å². The van der Waals surface area contributed by atoms with Gasteiger partial charge in [-0.25, -0.2) is 0 Å². The summed E-state index contributed by atoms with van der Waals surface area (Å²) in [6, 6.07) is 0. The third kappa shape index (κ3) is 12.8. The lowest BCUT2D eigenvalue weighted by atomic mass is 10.0. The van der Waals surface area contributed by atoms with Gasteiger partial charge in [-0.3, -0.25) is 0 Å². The molecule has 150 valence electrons. The normalized spacial score (nSPS) is 13.8. The van der Waals surface area contributed by atoms with Crippen molar-refractivity contribution in [2.45, 2.75) is 135 Å². The molecule has 2 nitrogen and oxygen atoms in total. The van der Waals surface area contributed by atoms with Gasteiger partial charge < -0.3 is 9.22 Å². The molecule has 0 saturated heterocycles. The molecule has 0 unspecified atom stereocenters. The topological polar surface area (TPSA) is 26.3 Å². The van der Waals surface area contributed by atoms with Crippen LogP contribution in [0.15, 0.2) is 0 Å². The minimum atomic E-state index is -1.76. The Labute approximate surface area is 159 Å². The average molecular weight is 371 g/mol. The molecule has 0 radical (unpaired) electrons. The second-order valence-electron chi connectivity index (χ2n) is 9.23. The molecule has 25 heavy (non-hydrogen) atoms. The van der Waals surface area contributed by atoms with E-state index in [1.54, 1.807) is 0 Å². The Kier molecular flexibility index (Phi) is 13.9. The zero-order valence-electron chi connectivity index (χ0n) is 18.2. The molecular formula is C22H46O2Si. The molecule has 0 bridgehead atoms. The molecule has 1 atom stereocenters. The third-order valence-corrected chi connectivity index (χ3v) is 10.3. The van der Waals surface area contributed by atoms with Gasteiger partial charge in [0.15, 0.2) is 8.32 Å². The van der Waals surface area contributed by atoms with Crippen LogP contribution >= 0.6 is 0 Å². The molecule has 0 fully saturated rings. The summed E-state index contributed by atoms with van der Waals surface area (Å²) in [5.74, 6) is 0. The molecule has 0 aromatic heterocycles. The molecule has 0 rings (SSSR count). The highest BCUT2D eigenvalue weighted by molar-refractivity contribution is 6.74. The summed E-state index contributed by atoms with van der Waals surface area (Å²) >= 11 is 0. The van der Waals surface area contributed by atoms with Gasteiger partial charge in [0, 0.05) is 6.42 Å². The molecule has 0 aliphatic heterocycles. The minimum Gasteiger partial charge on any atom is -0.414 e. The summed E-state index contributed by atoms with van der Waals surface area (Å²) < 4.78 is 6.44. The fourth-order valence-electron chi connectivity index (χ4n) is 2.96. The van der Waals surface area contributed by atoms with Gasteiger partial charge in [0.25, 0.3) is 0 Å². The average Bonchev–Trinajstić information content (AvgIpc) is 2.51. The van der Waals surface area contributed by atoms with Crippen LogP contribution < -0.4 is 0 Å². The van der Waals surface area contributed by atoms with Crippen molar-refractivity contribution in [3.63, 3.8) is 0 Å². The van der Waals surface area contributed by atoms with E-state index >= 15 is 0 Å². The van der Waals surface area contributed by atoms with Crippen molar-refractivity contribution >= 4 is 14.6 Å². The number of unbranched alkanes of at least 4 members (excludes halogenated alkanes) is 10. The van der Waals surface area contributed by atoms with Crippen molar-refractivity contribution in [3.8, 4) is 0 Å². The summed E-state index contributed by atoms with van der Waals surface area (Å²) in [4.78, 5) is 11.0. The van der Waals surface area contributed by atoms with Gasteiger partial charge in [0.2, 0.25) is 0 Å². The van der Waals surface area contributed by atoms with Gasteiger partial charge in [0.1, 0.15) is 6.29 Å². The number of carbonyl (C=O) groups is 1. The number of hydrogen-bond donors (Lipinski definition) is 0. The molecule has 0 aromatic rings. The summed E-state index contributed by atoms with van der Waals surface area (Å²) in [6.07, 6.45) is 17.8. The van der Waals surface area contributed by atoms with Crippen LogP contribution in [-0.2, 0) is 9.22 Å². The van der Waals surface area contributed by atoms with E-state index in [-0.39, 0.29) is 11.1 Å². The lowest BCUT2D eigenvalue weighted by molar-refractivity contribution is -0.109. The van der Waals surface area contributed by atoms with Crippen LogP contribution in [0.3, 0.4) is 0 Å². The van der Waals surface area contributed by atoms with Crippen LogP contribution in [0.5, 0.6) is 0 Å². The van der Waals surface area contributed by atoms with Crippen LogP contribution in [-0.4, -0.2) is 20.7 Å². The lowest BCUT2D eigenvalue weighted by Crippen LogP contribution is -2.44. The fourth-order valence-corrected chi connectivity index (χ4v) is 4.36. The predicted octanol–water partition coefficient (Wildman–Crippen LogP) is 7.67. The number of rotatable bonds is 16. The van der Waals surface area contributed by atoms with Crippen LogP contribution in [0.25, 0.3) is 0 Å². The molecule has 3 heteroatoms. The third-order valence-electron chi connectivity index (χ3n) is 5.76. The summed E-state index contributed by atoms with van der Waals surface area (Å²) in [6.45, 7) is 13.6. The van der Waals surface area contributed by atoms with Crippen LogP contribution in [0.4, 0.5) is 0 Å². The second kappa shape index (κ2) is 14.0. The molecular weight excluding hydrogens is 324 g/mol. The van der Waals surface area contributed by atoms with E-state index in [2.05, 4.69) is 40.8 Å². The SMILES string of the molecule is CCCCCCCCCCCCC[C@H](CC=O)O[Si](C)(C)C(C)(C)C. The summed E-state index contributed by atoms with van der Waals surface area (Å²) in [5, 5.41) is 0.214. The second-order valence-corrected chi connectivity index (χ2v) is 14.0. The monoisotopic (exact) mass is 370 g/mol. The highest BCUT2D eigenvalue weighted by Gasteiger charge is 2.38. The first-order valence-electron chi connectivity index (χ1n) is 10.9. The Balaban J connectivity index is 3.79. The molecule has 0 heterocycles. The van der Waals surface area contributed by atoms with Gasteiger partial charge in [0.05, 0.1) is 6.10 Å². The van der Waals surface area contributed by atoms with Crippen molar-refractivity contribution in [2.24, 2.45) is 0 Å². The highest BCUT2D eigenvalue weighted by Crippen LogP contribution is 2.38. The van der Waals surface area contributed by atoms with E-state index in [0.717, 1.165) is 12.7 Å². The van der Waals surface area contributed by atoms with Crippen molar-refractivity contribution in [3.05, 3.63) is 0 Å². The Bertz CT molecular complexity index is 320. The molecule has 0 aromatic carbocycles. The molecule has 0 spiro atoms. The number of aldehydes is 1. The smallest absolute Gasteiger partial charge is 0.192 e. The predicted molar refractivity (Wildman–Crippen MR) is 114 cm³/mol. The van der Waals surface area contributed by atoms with Gasteiger partial charge in [-0.1, -0.05) is 98.3 Å². The Morgan fingerprint density at radius 1 is 0.840 bits per heavy atom. The van der Waals surface area contributed by atoms with E-state index < -0.39 is 8.32 Å². The number of hydrogen-bond acceptors (Lipinski definition) is 2. The maximum absolute atomic E-state index is 11.0. The standard InChI is InChI=1S/C22H46O2Si/c1-7-8-9-10-11-12-13-14-15-16-17-18-21(19-20-23)24-25(5,6)22(2,3)4/h20-21H,7-19H2,1-6H3/t21-/m1/s1.